The Kier molecular flexibility index (Phi) is 15.3. The third-order valence-electron chi connectivity index (χ3n) is 14.9. The van der Waals surface area contributed by atoms with E-state index in [1.54, 1.807) is 0 Å². The number of allylic oxidation sites excluding steroid dienone is 6. The molecule has 0 amide bonds. The van der Waals surface area contributed by atoms with Gasteiger partial charge in [-0.3, -0.25) is 0 Å². The van der Waals surface area contributed by atoms with Crippen LogP contribution in [0.15, 0.2) is 327 Å². The Morgan fingerprint density at radius 3 is 1.25 bits per heavy atom. The minimum Gasteiger partial charge on any atom is -0.356 e. The van der Waals surface area contributed by atoms with Crippen LogP contribution in [-0.4, -0.2) is 0 Å². The molecule has 0 radical (unpaired) electrons. The van der Waals surface area contributed by atoms with Crippen molar-refractivity contribution in [1.29, 1.82) is 0 Å². The second-order valence-corrected chi connectivity index (χ2v) is 20.3. The van der Waals surface area contributed by atoms with Crippen molar-refractivity contribution in [3.63, 3.8) is 0 Å². The number of benzene rings is 12. The average Bonchev–Trinajstić information content (AvgIpc) is 3.53. The number of nitrogens with one attached hydrogen (secondary N) is 2. The molecule has 390 valence electrons. The predicted octanol–water partition coefficient (Wildman–Crippen LogP) is 21.8. The zero-order valence-electron chi connectivity index (χ0n) is 45.6. The van der Waals surface area contributed by atoms with Crippen molar-refractivity contribution in [1.82, 2.24) is 0 Å². The molecule has 0 fully saturated rings. The largest absolute Gasteiger partial charge is 0.356 e. The highest BCUT2D eigenvalue weighted by molar-refractivity contribution is 5.95. The van der Waals surface area contributed by atoms with Crippen molar-refractivity contribution >= 4 is 83.4 Å². The smallest absolute Gasteiger partial charge is 0.0467 e. The van der Waals surface area contributed by atoms with E-state index in [-0.39, 0.29) is 0 Å². The summed E-state index contributed by atoms with van der Waals surface area (Å²) in [6.07, 6.45) is 12.2. The van der Waals surface area contributed by atoms with Gasteiger partial charge in [0.05, 0.1) is 0 Å². The molecule has 0 aliphatic carbocycles. The van der Waals surface area contributed by atoms with E-state index in [0.29, 0.717) is 6.42 Å². The molecule has 2 N–H and O–H groups in total. The molecule has 0 saturated carbocycles. The summed E-state index contributed by atoms with van der Waals surface area (Å²) in [5, 5.41) is 14.3. The van der Waals surface area contributed by atoms with Crippen LogP contribution >= 0.6 is 0 Å². The van der Waals surface area contributed by atoms with Gasteiger partial charge in [0.15, 0.2) is 0 Å². The van der Waals surface area contributed by atoms with Gasteiger partial charge in [-0.25, -0.2) is 0 Å². The van der Waals surface area contributed by atoms with Crippen LogP contribution in [0.1, 0.15) is 25.8 Å². The SMILES string of the molecule is C/C=C(\C=C/C/C=C(\C=C(/C)c1cccc2ccccc12)N(c1ccc(-c2ccc(Nc3ccccc3)cc2)cc1)c1ccc2ccccc2c1)N(c1ccc(-c2ccc(Nc3ccccc3)cc2)cc1)c1ccc2ccccc2c1. The van der Waals surface area contributed by atoms with E-state index in [0.717, 1.165) is 79.1 Å². The zero-order chi connectivity index (χ0) is 54.7. The first-order valence-electron chi connectivity index (χ1n) is 27.8. The first-order chi connectivity index (χ1) is 40.0. The molecular weight excluding hydrogens is 981 g/mol. The van der Waals surface area contributed by atoms with Gasteiger partial charge in [0.1, 0.15) is 0 Å². The van der Waals surface area contributed by atoms with E-state index < -0.39 is 0 Å². The van der Waals surface area contributed by atoms with Gasteiger partial charge in [-0.05, 0) is 195 Å². The fourth-order valence-corrected chi connectivity index (χ4v) is 10.8. The number of para-hydroxylation sites is 2. The Labute approximate surface area is 476 Å². The summed E-state index contributed by atoms with van der Waals surface area (Å²) in [6, 6.07) is 102. The van der Waals surface area contributed by atoms with Gasteiger partial charge >= 0.3 is 0 Å². The Hall–Kier alpha value is -10.4. The zero-order valence-corrected chi connectivity index (χ0v) is 45.6. The van der Waals surface area contributed by atoms with Crippen LogP contribution < -0.4 is 20.4 Å². The predicted molar refractivity (Wildman–Crippen MR) is 349 cm³/mol. The second-order valence-electron chi connectivity index (χ2n) is 20.3. The molecule has 4 nitrogen and oxygen atoms in total. The van der Waals surface area contributed by atoms with E-state index in [9.17, 15) is 0 Å². The number of anilines is 8. The Bertz CT molecular complexity index is 4230. The molecule has 0 bridgehead atoms. The summed E-state index contributed by atoms with van der Waals surface area (Å²) in [4.78, 5) is 4.78. The molecule has 0 heterocycles. The number of fused-ring (bicyclic) bond motifs is 3. The molecule has 0 aliphatic heterocycles. The van der Waals surface area contributed by atoms with Crippen molar-refractivity contribution in [2.75, 3.05) is 20.4 Å². The third-order valence-corrected chi connectivity index (χ3v) is 14.9. The molecule has 0 saturated heterocycles. The average molecular weight is 1040 g/mol. The van der Waals surface area contributed by atoms with Crippen molar-refractivity contribution in [3.8, 4) is 22.3 Å². The first-order valence-corrected chi connectivity index (χ1v) is 27.8. The lowest BCUT2D eigenvalue weighted by molar-refractivity contribution is 1.17. The maximum atomic E-state index is 3.53. The normalized spacial score (nSPS) is 12.0. The summed E-state index contributed by atoms with van der Waals surface area (Å²) in [7, 11) is 0. The molecule has 0 spiro atoms. The van der Waals surface area contributed by atoms with Gasteiger partial charge in [0.25, 0.3) is 0 Å². The van der Waals surface area contributed by atoms with Crippen molar-refractivity contribution in [2.24, 2.45) is 0 Å². The van der Waals surface area contributed by atoms with Crippen LogP contribution in [0.2, 0.25) is 0 Å². The van der Waals surface area contributed by atoms with E-state index in [2.05, 4.69) is 313 Å². The molecule has 4 heteroatoms. The fraction of sp³-hybridized carbons (Fsp3) is 0.0390. The summed E-state index contributed by atoms with van der Waals surface area (Å²) in [5.74, 6) is 0. The maximum absolute atomic E-state index is 3.53. The molecule has 12 rings (SSSR count). The highest BCUT2D eigenvalue weighted by Gasteiger charge is 2.18. The molecule has 12 aromatic carbocycles. The van der Waals surface area contributed by atoms with Crippen LogP contribution in [-0.2, 0) is 0 Å². The number of hydrogen-bond acceptors (Lipinski definition) is 4. The number of hydrogen-bond donors (Lipinski definition) is 2. The van der Waals surface area contributed by atoms with Crippen LogP contribution in [0, 0.1) is 0 Å². The first kappa shape index (κ1) is 51.3. The van der Waals surface area contributed by atoms with Gasteiger partial charge in [-0.15, -0.1) is 0 Å². The van der Waals surface area contributed by atoms with Crippen LogP contribution in [0.3, 0.4) is 0 Å². The number of rotatable bonds is 17. The molecule has 0 unspecified atom stereocenters. The molecule has 0 atom stereocenters. The van der Waals surface area contributed by atoms with Crippen molar-refractivity contribution in [3.05, 3.63) is 332 Å². The third kappa shape index (κ3) is 11.9. The molecule has 0 aromatic heterocycles. The quantitative estimate of drug-likeness (QED) is 0.0890. The van der Waals surface area contributed by atoms with Gasteiger partial charge in [0.2, 0.25) is 0 Å². The van der Waals surface area contributed by atoms with Gasteiger partial charge in [0, 0.05) is 56.9 Å². The second kappa shape index (κ2) is 24.1. The van der Waals surface area contributed by atoms with E-state index >= 15 is 0 Å². The Balaban J connectivity index is 0.905. The summed E-state index contributed by atoms with van der Waals surface area (Å²) in [5.41, 5.74) is 17.7. The standard InChI is InChI=1S/C77H62N4/c1-3-70(80(74-51-41-57-19-10-12-22-64(57)54-74)71-47-37-61(38-48-71)59-33-43-68(44-34-59)78-66-25-6-4-7-26-66)29-15-16-30-73(53-56(2)76-32-18-24-63-21-14-17-31-77(63)76)81(75-52-42-58-20-11-13-23-65(58)55-75)72-49-39-62(40-50-72)60-35-45-69(46-36-60)79-67-27-8-5-9-28-67/h3-15,17-55,78-79H,16H2,1-2H3/b29-15-,56-53+,70-3+,73-30+. The molecular formula is C77H62N4. The lowest BCUT2D eigenvalue weighted by Crippen LogP contribution is -2.16. The summed E-state index contributed by atoms with van der Waals surface area (Å²) >= 11 is 0. The number of nitrogens with zero attached hydrogens (tertiary/aromatic N) is 2. The topological polar surface area (TPSA) is 30.5 Å². The minimum absolute atomic E-state index is 0.664. The van der Waals surface area contributed by atoms with Gasteiger partial charge in [-0.1, -0.05) is 206 Å². The molecule has 12 aromatic rings. The summed E-state index contributed by atoms with van der Waals surface area (Å²) < 4.78 is 0. The monoisotopic (exact) mass is 1040 g/mol. The van der Waals surface area contributed by atoms with Gasteiger partial charge < -0.3 is 20.4 Å². The van der Waals surface area contributed by atoms with Crippen LogP contribution in [0.4, 0.5) is 45.5 Å². The lowest BCUT2D eigenvalue weighted by Gasteiger charge is -2.28. The highest BCUT2D eigenvalue weighted by Crippen LogP contribution is 2.39. The Morgan fingerprint density at radius 1 is 0.358 bits per heavy atom. The van der Waals surface area contributed by atoms with Gasteiger partial charge in [-0.2, -0.15) is 0 Å². The summed E-state index contributed by atoms with van der Waals surface area (Å²) in [6.45, 7) is 4.37. The van der Waals surface area contributed by atoms with E-state index in [1.165, 1.54) is 43.5 Å². The molecule has 81 heavy (non-hydrogen) atoms. The van der Waals surface area contributed by atoms with E-state index in [4.69, 9.17) is 0 Å². The van der Waals surface area contributed by atoms with Crippen molar-refractivity contribution < 1.29 is 0 Å². The minimum atomic E-state index is 0.664. The van der Waals surface area contributed by atoms with E-state index in [1.807, 2.05) is 36.4 Å². The Morgan fingerprint density at radius 2 is 0.753 bits per heavy atom. The van der Waals surface area contributed by atoms with Crippen LogP contribution in [0.25, 0.3) is 60.1 Å². The fourth-order valence-electron chi connectivity index (χ4n) is 10.8. The van der Waals surface area contributed by atoms with Crippen LogP contribution in [0.5, 0.6) is 0 Å². The maximum Gasteiger partial charge on any atom is 0.0467 e. The lowest BCUT2D eigenvalue weighted by atomic mass is 9.98. The highest BCUT2D eigenvalue weighted by atomic mass is 15.2. The molecule has 0 aliphatic rings. The van der Waals surface area contributed by atoms with Crippen molar-refractivity contribution in [2.45, 2.75) is 20.3 Å².